The van der Waals surface area contributed by atoms with Crippen LogP contribution < -0.4 is 5.72 Å². The molecule has 0 fully saturated rings. The molecule has 0 atom stereocenters. The summed E-state index contributed by atoms with van der Waals surface area (Å²) >= 11 is 0. The third-order valence-electron chi connectivity index (χ3n) is 4.47. The lowest BCUT2D eigenvalue weighted by Crippen LogP contribution is -1.99. The standard InChI is InChI=1S/C20H19N/c21-13-2-1-4-14-7-8-17-10-9-15-5-3-6-16-11-12-18(14)20(17)19(15)16/h3,5-12H,1-2,4,13,21H2/i/hD2. The molecule has 0 bridgehead atoms. The summed E-state index contributed by atoms with van der Waals surface area (Å²) in [4.78, 5) is 0. The predicted molar refractivity (Wildman–Crippen MR) is 92.1 cm³/mol. The fraction of sp³-hybridized carbons (Fsp3) is 0.200. The first-order chi connectivity index (χ1) is 11.2. The maximum Gasteiger partial charge on any atom is 0.118 e. The molecule has 0 aliphatic heterocycles. The second kappa shape index (κ2) is 5.01. The van der Waals surface area contributed by atoms with E-state index in [4.69, 9.17) is 2.82 Å². The van der Waals surface area contributed by atoms with Crippen LogP contribution in [-0.4, -0.2) is 6.54 Å². The van der Waals surface area contributed by atoms with Crippen LogP contribution in [0.15, 0.2) is 54.6 Å². The lowest BCUT2D eigenvalue weighted by Gasteiger charge is -2.13. The zero-order valence-electron chi connectivity index (χ0n) is 14.0. The van der Waals surface area contributed by atoms with Gasteiger partial charge in [0, 0.05) is 0 Å². The summed E-state index contributed by atoms with van der Waals surface area (Å²) in [6, 6.07) is 19.9. The van der Waals surface area contributed by atoms with Gasteiger partial charge in [0.1, 0.15) is 2.82 Å². The van der Waals surface area contributed by atoms with Crippen molar-refractivity contribution in [3.05, 3.63) is 60.2 Å². The SMILES string of the molecule is [2H]N([2H])CCCCc1ccc2ccc3cccc4ccc1c2c34. The number of unbranched alkanes of at least 4 members (excludes halogenated alkanes) is 1. The van der Waals surface area contributed by atoms with E-state index in [2.05, 4.69) is 54.6 Å². The Morgan fingerprint density at radius 1 is 0.762 bits per heavy atom. The third kappa shape index (κ3) is 1.97. The van der Waals surface area contributed by atoms with Crippen LogP contribution in [0, 0.1) is 0 Å². The molecular weight excluding hydrogens is 254 g/mol. The van der Waals surface area contributed by atoms with E-state index in [9.17, 15) is 0 Å². The van der Waals surface area contributed by atoms with Crippen LogP contribution in [0.4, 0.5) is 0 Å². The monoisotopic (exact) mass is 275 g/mol. The van der Waals surface area contributed by atoms with Crippen LogP contribution in [0.3, 0.4) is 0 Å². The molecule has 1 heteroatoms. The van der Waals surface area contributed by atoms with Crippen molar-refractivity contribution in [2.45, 2.75) is 19.3 Å². The maximum absolute atomic E-state index is 7.13. The van der Waals surface area contributed by atoms with Gasteiger partial charge in [-0.2, -0.15) is 0 Å². The van der Waals surface area contributed by atoms with E-state index in [1.54, 1.807) is 0 Å². The molecule has 2 N–H and O–H groups in total. The van der Waals surface area contributed by atoms with Gasteiger partial charge in [-0.05, 0) is 63.7 Å². The lowest BCUT2D eigenvalue weighted by atomic mass is 9.90. The highest BCUT2D eigenvalue weighted by Gasteiger charge is 2.10. The summed E-state index contributed by atoms with van der Waals surface area (Å²) < 4.78 is 14.3. The van der Waals surface area contributed by atoms with Gasteiger partial charge in [-0.3, -0.25) is 0 Å². The quantitative estimate of drug-likeness (QED) is 0.408. The fourth-order valence-electron chi connectivity index (χ4n) is 3.44. The van der Waals surface area contributed by atoms with Crippen molar-refractivity contribution in [1.82, 2.24) is 0 Å². The molecule has 0 radical (unpaired) electrons. The van der Waals surface area contributed by atoms with Gasteiger partial charge in [-0.1, -0.05) is 54.6 Å². The third-order valence-corrected chi connectivity index (χ3v) is 4.47. The van der Waals surface area contributed by atoms with E-state index in [0.29, 0.717) is 6.54 Å². The molecule has 0 saturated carbocycles. The highest BCUT2D eigenvalue weighted by atomic mass is 14.5. The van der Waals surface area contributed by atoms with Crippen LogP contribution in [0.2, 0.25) is 2.82 Å². The second-order valence-electron chi connectivity index (χ2n) is 5.76. The van der Waals surface area contributed by atoms with Gasteiger partial charge in [0.25, 0.3) is 0 Å². The molecule has 0 spiro atoms. The molecule has 0 aliphatic rings. The number of hydrogen-bond acceptors (Lipinski definition) is 1. The summed E-state index contributed by atoms with van der Waals surface area (Å²) in [7, 11) is 0. The molecular formula is C20H19N. The van der Waals surface area contributed by atoms with E-state index < -0.39 is 0 Å². The molecule has 0 heterocycles. The number of hydrogen-bond donors (Lipinski definition) is 1. The topological polar surface area (TPSA) is 26.0 Å². The van der Waals surface area contributed by atoms with Crippen molar-refractivity contribution in [2.75, 3.05) is 6.54 Å². The van der Waals surface area contributed by atoms with Gasteiger partial charge in [-0.15, -0.1) is 0 Å². The Morgan fingerprint density at radius 2 is 1.48 bits per heavy atom. The minimum absolute atomic E-state index is 0.506. The summed E-state index contributed by atoms with van der Waals surface area (Å²) in [5, 5.41) is 8.00. The first-order valence-corrected chi connectivity index (χ1v) is 7.65. The Bertz CT molecular complexity index is 946. The van der Waals surface area contributed by atoms with Crippen molar-refractivity contribution in [2.24, 2.45) is 5.72 Å². The van der Waals surface area contributed by atoms with Crippen LogP contribution in [0.5, 0.6) is 0 Å². The minimum atomic E-state index is 0.506. The molecule has 1 nitrogen and oxygen atoms in total. The Labute approximate surface area is 127 Å². The van der Waals surface area contributed by atoms with E-state index in [0.717, 1.165) is 25.0 Å². The molecule has 21 heavy (non-hydrogen) atoms. The molecule has 4 aromatic rings. The minimum Gasteiger partial charge on any atom is -0.330 e. The smallest absolute Gasteiger partial charge is 0.118 e. The van der Waals surface area contributed by atoms with Gasteiger partial charge in [-0.25, -0.2) is 0 Å². The predicted octanol–water partition coefficient (Wildman–Crippen LogP) is 4.87. The maximum atomic E-state index is 7.13. The Kier molecular flexibility index (Phi) is 2.53. The van der Waals surface area contributed by atoms with Crippen LogP contribution in [0.25, 0.3) is 32.3 Å². The largest absolute Gasteiger partial charge is 0.330 e. The van der Waals surface area contributed by atoms with Gasteiger partial charge >= 0.3 is 0 Å². The number of rotatable bonds is 5. The molecule has 4 aromatic carbocycles. The Balaban J connectivity index is 1.80. The summed E-state index contributed by atoms with van der Waals surface area (Å²) in [5.41, 5.74) is 2.14. The highest BCUT2D eigenvalue weighted by Crippen LogP contribution is 2.36. The number of aryl methyl sites for hydroxylation is 1. The zero-order chi connectivity index (χ0) is 15.8. The van der Waals surface area contributed by atoms with Crippen molar-refractivity contribution in [3.63, 3.8) is 0 Å². The highest BCUT2D eigenvalue weighted by molar-refractivity contribution is 6.23. The van der Waals surface area contributed by atoms with Gasteiger partial charge in [0.2, 0.25) is 0 Å². The van der Waals surface area contributed by atoms with Crippen LogP contribution in [0.1, 0.15) is 18.4 Å². The normalized spacial score (nSPS) is 13.4. The van der Waals surface area contributed by atoms with Crippen LogP contribution in [-0.2, 0) is 6.42 Å². The second-order valence-corrected chi connectivity index (χ2v) is 5.76. The average molecular weight is 275 g/mol. The van der Waals surface area contributed by atoms with Gasteiger partial charge < -0.3 is 5.72 Å². The zero-order valence-corrected chi connectivity index (χ0v) is 12.0. The first-order valence-electron chi connectivity index (χ1n) is 8.54. The molecule has 4 rings (SSSR count). The molecule has 0 aromatic heterocycles. The van der Waals surface area contributed by atoms with E-state index in [1.165, 1.54) is 37.9 Å². The summed E-state index contributed by atoms with van der Waals surface area (Å²) in [5.74, 6) is 0. The number of benzene rings is 4. The summed E-state index contributed by atoms with van der Waals surface area (Å²) in [6.45, 7) is 0.506. The average Bonchev–Trinajstić information content (AvgIpc) is 2.57. The molecule has 0 saturated heterocycles. The van der Waals surface area contributed by atoms with Crippen molar-refractivity contribution < 1.29 is 2.82 Å². The lowest BCUT2D eigenvalue weighted by molar-refractivity contribution is 0.747. The first kappa shape index (κ1) is 10.6. The van der Waals surface area contributed by atoms with Crippen molar-refractivity contribution in [1.29, 1.82) is 0 Å². The fourth-order valence-corrected chi connectivity index (χ4v) is 3.44. The van der Waals surface area contributed by atoms with Gasteiger partial charge in [0.05, 0.1) is 0 Å². The van der Waals surface area contributed by atoms with E-state index in [-0.39, 0.29) is 0 Å². The van der Waals surface area contributed by atoms with Gasteiger partial charge in [0.15, 0.2) is 0 Å². The molecule has 0 unspecified atom stereocenters. The molecule has 104 valence electrons. The van der Waals surface area contributed by atoms with E-state index in [1.807, 2.05) is 0 Å². The van der Waals surface area contributed by atoms with E-state index >= 15 is 0 Å². The molecule has 0 amide bonds. The summed E-state index contributed by atoms with van der Waals surface area (Å²) in [6.07, 6.45) is 2.90. The van der Waals surface area contributed by atoms with Crippen LogP contribution >= 0.6 is 0 Å². The Hall–Kier alpha value is -2.12. The molecule has 0 aliphatic carbocycles. The number of nitrogens with two attached hydrogens (primary N) is 1. The van der Waals surface area contributed by atoms with Crippen molar-refractivity contribution in [3.8, 4) is 0 Å². The van der Waals surface area contributed by atoms with Crippen molar-refractivity contribution >= 4 is 32.3 Å². The Morgan fingerprint density at radius 3 is 2.29 bits per heavy atom.